The molecule has 0 unspecified atom stereocenters. The van der Waals surface area contributed by atoms with E-state index >= 15 is 0 Å². The highest BCUT2D eigenvalue weighted by Crippen LogP contribution is 2.21. The second-order valence-corrected chi connectivity index (χ2v) is 3.15. The van der Waals surface area contributed by atoms with Gasteiger partial charge in [0.1, 0.15) is 0 Å². The van der Waals surface area contributed by atoms with E-state index in [1.165, 1.54) is 11.3 Å². The molecule has 0 aliphatic heterocycles. The van der Waals surface area contributed by atoms with Crippen molar-refractivity contribution < 1.29 is 0 Å². The van der Waals surface area contributed by atoms with Crippen molar-refractivity contribution in [2.45, 2.75) is 6.92 Å². The molecule has 0 radical (unpaired) electrons. The van der Waals surface area contributed by atoms with Crippen LogP contribution in [-0.4, -0.2) is 21.1 Å². The summed E-state index contributed by atoms with van der Waals surface area (Å²) in [6, 6.07) is 6.36. The number of aryl methyl sites for hydroxylation is 1. The maximum Gasteiger partial charge on any atom is 0.0392 e. The molecule has 0 heterocycles. The lowest BCUT2D eigenvalue weighted by Gasteiger charge is -2.16. The second-order valence-electron chi connectivity index (χ2n) is 3.15. The quantitative estimate of drug-likeness (QED) is 0.790. The van der Waals surface area contributed by atoms with Crippen molar-refractivity contribution in [3.8, 4) is 0 Å². The summed E-state index contributed by atoms with van der Waals surface area (Å²) in [5, 5.41) is 3.12. The highest BCUT2D eigenvalue weighted by molar-refractivity contribution is 5.85. The summed E-state index contributed by atoms with van der Waals surface area (Å²) in [4.78, 5) is 2.12. The molecule has 1 aromatic carbocycles. The van der Waals surface area contributed by atoms with Gasteiger partial charge in [-0.2, -0.15) is 0 Å². The van der Waals surface area contributed by atoms with Gasteiger partial charge < -0.3 is 10.2 Å². The van der Waals surface area contributed by atoms with Crippen LogP contribution in [0.15, 0.2) is 18.2 Å². The number of nitrogens with one attached hydrogen (secondary N) is 1. The average molecular weight is 201 g/mol. The summed E-state index contributed by atoms with van der Waals surface area (Å²) < 4.78 is 0. The molecule has 0 aromatic heterocycles. The molecule has 0 aliphatic rings. The molecule has 2 nitrogen and oxygen atoms in total. The van der Waals surface area contributed by atoms with Crippen LogP contribution in [0.4, 0.5) is 11.4 Å². The fourth-order valence-electron chi connectivity index (χ4n) is 1.31. The van der Waals surface area contributed by atoms with E-state index in [9.17, 15) is 0 Å². The molecular formula is C10H17ClN2. The smallest absolute Gasteiger partial charge is 0.0392 e. The van der Waals surface area contributed by atoms with Crippen LogP contribution in [0.25, 0.3) is 0 Å². The highest BCUT2D eigenvalue weighted by Gasteiger charge is 1.99. The van der Waals surface area contributed by atoms with Gasteiger partial charge in [-0.05, 0) is 30.7 Å². The molecule has 1 aromatic rings. The second kappa shape index (κ2) is 4.97. The first-order chi connectivity index (χ1) is 5.65. The largest absolute Gasteiger partial charge is 0.388 e. The molecule has 0 fully saturated rings. The maximum atomic E-state index is 3.12. The van der Waals surface area contributed by atoms with Gasteiger partial charge in [0.05, 0.1) is 0 Å². The van der Waals surface area contributed by atoms with E-state index in [4.69, 9.17) is 0 Å². The van der Waals surface area contributed by atoms with Crippen molar-refractivity contribution >= 4 is 23.8 Å². The van der Waals surface area contributed by atoms with Crippen LogP contribution in [0.5, 0.6) is 0 Å². The van der Waals surface area contributed by atoms with Gasteiger partial charge in [0, 0.05) is 32.5 Å². The maximum absolute atomic E-state index is 3.12. The minimum absolute atomic E-state index is 0. The zero-order chi connectivity index (χ0) is 9.14. The topological polar surface area (TPSA) is 15.3 Å². The SMILES string of the molecule is CNc1ccc(N(C)C)c(C)c1.Cl. The Kier molecular flexibility index (Phi) is 4.63. The minimum atomic E-state index is 0. The molecule has 0 atom stereocenters. The minimum Gasteiger partial charge on any atom is -0.388 e. The van der Waals surface area contributed by atoms with Crippen molar-refractivity contribution in [3.05, 3.63) is 23.8 Å². The number of anilines is 2. The van der Waals surface area contributed by atoms with E-state index in [1.54, 1.807) is 0 Å². The lowest BCUT2D eigenvalue weighted by Crippen LogP contribution is -2.10. The molecule has 0 amide bonds. The first-order valence-corrected chi connectivity index (χ1v) is 4.11. The van der Waals surface area contributed by atoms with E-state index < -0.39 is 0 Å². The summed E-state index contributed by atoms with van der Waals surface area (Å²) in [6.45, 7) is 2.12. The molecule has 74 valence electrons. The molecule has 1 rings (SSSR count). The van der Waals surface area contributed by atoms with Crippen molar-refractivity contribution in [1.29, 1.82) is 0 Å². The van der Waals surface area contributed by atoms with Crippen LogP contribution in [0.3, 0.4) is 0 Å². The Morgan fingerprint density at radius 3 is 2.23 bits per heavy atom. The van der Waals surface area contributed by atoms with Gasteiger partial charge in [-0.3, -0.25) is 0 Å². The van der Waals surface area contributed by atoms with E-state index in [2.05, 4.69) is 49.4 Å². The number of hydrogen-bond donors (Lipinski definition) is 1. The zero-order valence-electron chi connectivity index (χ0n) is 8.59. The molecule has 0 saturated heterocycles. The first-order valence-electron chi connectivity index (χ1n) is 4.11. The molecule has 0 bridgehead atoms. The summed E-state index contributed by atoms with van der Waals surface area (Å²) in [5.41, 5.74) is 3.74. The fourth-order valence-corrected chi connectivity index (χ4v) is 1.31. The molecule has 0 saturated carbocycles. The van der Waals surface area contributed by atoms with Crippen LogP contribution in [0, 0.1) is 6.92 Å². The van der Waals surface area contributed by atoms with Gasteiger partial charge in [0.25, 0.3) is 0 Å². The van der Waals surface area contributed by atoms with Crippen LogP contribution in [-0.2, 0) is 0 Å². The van der Waals surface area contributed by atoms with E-state index in [0.717, 1.165) is 5.69 Å². The molecule has 3 heteroatoms. The number of rotatable bonds is 2. The lowest BCUT2D eigenvalue weighted by molar-refractivity contribution is 1.11. The van der Waals surface area contributed by atoms with Crippen molar-refractivity contribution in [2.24, 2.45) is 0 Å². The molecule has 0 spiro atoms. The van der Waals surface area contributed by atoms with Crippen LogP contribution in [0.2, 0.25) is 0 Å². The van der Waals surface area contributed by atoms with E-state index in [1.807, 2.05) is 7.05 Å². The monoisotopic (exact) mass is 200 g/mol. The number of halogens is 1. The summed E-state index contributed by atoms with van der Waals surface area (Å²) >= 11 is 0. The van der Waals surface area contributed by atoms with Crippen LogP contribution < -0.4 is 10.2 Å². The van der Waals surface area contributed by atoms with Crippen LogP contribution >= 0.6 is 12.4 Å². The first kappa shape index (κ1) is 12.1. The number of nitrogens with zero attached hydrogens (tertiary/aromatic N) is 1. The molecule has 1 N–H and O–H groups in total. The van der Waals surface area contributed by atoms with Crippen molar-refractivity contribution in [2.75, 3.05) is 31.4 Å². The van der Waals surface area contributed by atoms with Gasteiger partial charge >= 0.3 is 0 Å². The Hall–Kier alpha value is -0.890. The van der Waals surface area contributed by atoms with Gasteiger partial charge in [-0.1, -0.05) is 0 Å². The summed E-state index contributed by atoms with van der Waals surface area (Å²) in [7, 11) is 6.05. The summed E-state index contributed by atoms with van der Waals surface area (Å²) in [6.07, 6.45) is 0. The Balaban J connectivity index is 0.00000144. The lowest BCUT2D eigenvalue weighted by atomic mass is 10.1. The Labute approximate surface area is 86.4 Å². The molecule has 0 aliphatic carbocycles. The third kappa shape index (κ3) is 2.81. The summed E-state index contributed by atoms with van der Waals surface area (Å²) in [5.74, 6) is 0. The van der Waals surface area contributed by atoms with Gasteiger partial charge in [0.2, 0.25) is 0 Å². The van der Waals surface area contributed by atoms with Crippen molar-refractivity contribution in [3.63, 3.8) is 0 Å². The van der Waals surface area contributed by atoms with Gasteiger partial charge in [-0.15, -0.1) is 12.4 Å². The highest BCUT2D eigenvalue weighted by atomic mass is 35.5. The third-order valence-corrected chi connectivity index (χ3v) is 1.97. The fraction of sp³-hybridized carbons (Fsp3) is 0.400. The number of benzene rings is 1. The Morgan fingerprint density at radius 2 is 1.85 bits per heavy atom. The zero-order valence-corrected chi connectivity index (χ0v) is 9.40. The third-order valence-electron chi connectivity index (χ3n) is 1.97. The van der Waals surface area contributed by atoms with Crippen LogP contribution in [0.1, 0.15) is 5.56 Å². The Morgan fingerprint density at radius 1 is 1.23 bits per heavy atom. The Bertz CT molecular complexity index is 272. The molecular weight excluding hydrogens is 184 g/mol. The molecule has 13 heavy (non-hydrogen) atoms. The average Bonchev–Trinajstić information content (AvgIpc) is 2.03. The van der Waals surface area contributed by atoms with E-state index in [0.29, 0.717) is 0 Å². The van der Waals surface area contributed by atoms with E-state index in [-0.39, 0.29) is 12.4 Å². The normalized spacial score (nSPS) is 8.92. The predicted octanol–water partition coefficient (Wildman–Crippen LogP) is 2.52. The number of hydrogen-bond acceptors (Lipinski definition) is 2. The van der Waals surface area contributed by atoms with Gasteiger partial charge in [-0.25, -0.2) is 0 Å². The standard InChI is InChI=1S/C10H16N2.ClH/c1-8-7-9(11-2)5-6-10(8)12(3)4;/h5-7,11H,1-4H3;1H. The predicted molar refractivity (Wildman–Crippen MR) is 62.3 cm³/mol. The van der Waals surface area contributed by atoms with Gasteiger partial charge in [0.15, 0.2) is 0 Å². The van der Waals surface area contributed by atoms with Crippen molar-refractivity contribution in [1.82, 2.24) is 0 Å².